The van der Waals surface area contributed by atoms with Gasteiger partial charge in [0.2, 0.25) is 5.96 Å². The van der Waals surface area contributed by atoms with E-state index in [1.807, 2.05) is 0 Å². The first-order chi connectivity index (χ1) is 7.61. The lowest BCUT2D eigenvalue weighted by molar-refractivity contribution is 0.196. The molecule has 1 rings (SSSR count). The Morgan fingerprint density at radius 2 is 2.31 bits per heavy atom. The largest absolute Gasteiger partial charge is 0.385 e. The molecular weight excluding hydrogens is 204 g/mol. The van der Waals surface area contributed by atoms with Crippen LogP contribution in [0.5, 0.6) is 0 Å². The number of rotatable bonds is 4. The number of likely N-dealkylation sites (tertiary alicyclic amines) is 1. The van der Waals surface area contributed by atoms with Crippen LogP contribution in [-0.4, -0.2) is 43.2 Å². The van der Waals surface area contributed by atoms with Gasteiger partial charge in [0.15, 0.2) is 0 Å². The molecule has 0 aromatic heterocycles. The Hall–Kier alpha value is -0.810. The molecule has 1 saturated heterocycles. The molecule has 3 N–H and O–H groups in total. The first-order valence-corrected chi connectivity index (χ1v) is 5.89. The van der Waals surface area contributed by atoms with E-state index in [4.69, 9.17) is 10.6 Å². The van der Waals surface area contributed by atoms with Gasteiger partial charge in [0.1, 0.15) is 0 Å². The number of nitrogens with zero attached hydrogens (tertiary/aromatic N) is 2. The smallest absolute Gasteiger partial charge is 0.208 e. The van der Waals surface area contributed by atoms with Gasteiger partial charge in [-0.15, -0.1) is 0 Å². The van der Waals surface area contributed by atoms with Crippen LogP contribution < -0.4 is 11.3 Å². The van der Waals surface area contributed by atoms with E-state index in [1.54, 1.807) is 7.11 Å². The van der Waals surface area contributed by atoms with Crippen LogP contribution in [0.4, 0.5) is 0 Å². The van der Waals surface area contributed by atoms with Gasteiger partial charge in [0.25, 0.3) is 0 Å². The fourth-order valence-electron chi connectivity index (χ4n) is 2.10. The van der Waals surface area contributed by atoms with Crippen LogP contribution in [-0.2, 0) is 4.74 Å². The molecule has 0 radical (unpaired) electrons. The second kappa shape index (κ2) is 6.06. The Bertz CT molecular complexity index is 240. The summed E-state index contributed by atoms with van der Waals surface area (Å²) in [6, 6.07) is 0. The highest BCUT2D eigenvalue weighted by molar-refractivity contribution is 5.80. The van der Waals surface area contributed by atoms with Crippen LogP contribution in [0.25, 0.3) is 0 Å². The number of nitrogens with one attached hydrogen (secondary N) is 1. The van der Waals surface area contributed by atoms with E-state index in [0.717, 1.165) is 32.1 Å². The lowest BCUT2D eigenvalue weighted by Crippen LogP contribution is -2.51. The van der Waals surface area contributed by atoms with Crippen LogP contribution in [0.3, 0.4) is 0 Å². The molecule has 0 amide bonds. The maximum atomic E-state index is 5.53. The highest BCUT2D eigenvalue weighted by atomic mass is 16.5. The first-order valence-electron chi connectivity index (χ1n) is 5.89. The third kappa shape index (κ3) is 3.35. The quantitative estimate of drug-likeness (QED) is 0.245. The number of hydrazine groups is 1. The van der Waals surface area contributed by atoms with Gasteiger partial charge in [-0.2, -0.15) is 0 Å². The minimum atomic E-state index is 0.159. The number of methoxy groups -OCH3 is 1. The average Bonchev–Trinajstić information content (AvgIpc) is 2.59. The van der Waals surface area contributed by atoms with Gasteiger partial charge in [-0.3, -0.25) is 10.4 Å². The highest BCUT2D eigenvalue weighted by Crippen LogP contribution is 2.27. The lowest BCUT2D eigenvalue weighted by Gasteiger charge is -2.33. The predicted octanol–water partition coefficient (Wildman–Crippen LogP) is 0.717. The highest BCUT2D eigenvalue weighted by Gasteiger charge is 2.33. The summed E-state index contributed by atoms with van der Waals surface area (Å²) in [6.45, 7) is 6.97. The summed E-state index contributed by atoms with van der Waals surface area (Å²) < 4.78 is 4.99. The Morgan fingerprint density at radius 3 is 2.81 bits per heavy atom. The topological polar surface area (TPSA) is 62.9 Å². The second-order valence-electron chi connectivity index (χ2n) is 4.76. The first kappa shape index (κ1) is 13.3. The molecule has 0 spiro atoms. The molecule has 0 atom stereocenters. The van der Waals surface area contributed by atoms with Crippen LogP contribution in [0.1, 0.15) is 33.1 Å². The van der Waals surface area contributed by atoms with Gasteiger partial charge in [0, 0.05) is 32.3 Å². The zero-order valence-electron chi connectivity index (χ0n) is 10.6. The summed E-state index contributed by atoms with van der Waals surface area (Å²) >= 11 is 0. The number of hydrogen-bond acceptors (Lipinski definition) is 3. The van der Waals surface area contributed by atoms with E-state index >= 15 is 0 Å². The van der Waals surface area contributed by atoms with Crippen molar-refractivity contribution in [2.75, 3.05) is 26.8 Å². The minimum absolute atomic E-state index is 0.159. The molecule has 5 nitrogen and oxygen atoms in total. The fraction of sp³-hybridized carbons (Fsp3) is 0.909. The lowest BCUT2D eigenvalue weighted by atomic mass is 10.0. The molecular formula is C11H24N4O. The van der Waals surface area contributed by atoms with Crippen molar-refractivity contribution in [3.8, 4) is 0 Å². The fourth-order valence-corrected chi connectivity index (χ4v) is 2.10. The molecule has 1 aliphatic rings. The predicted molar refractivity (Wildman–Crippen MR) is 66.1 cm³/mol. The van der Waals surface area contributed by atoms with Crippen molar-refractivity contribution in [2.45, 2.75) is 38.6 Å². The SMILES string of the molecule is COCCCN=C(NN)N1CCCC1(C)C. The van der Waals surface area contributed by atoms with E-state index < -0.39 is 0 Å². The van der Waals surface area contributed by atoms with Gasteiger partial charge in [-0.1, -0.05) is 0 Å². The molecule has 0 saturated carbocycles. The number of ether oxygens (including phenoxy) is 1. The molecule has 0 aromatic carbocycles. The Morgan fingerprint density at radius 1 is 1.56 bits per heavy atom. The van der Waals surface area contributed by atoms with Crippen LogP contribution in [0, 0.1) is 0 Å². The van der Waals surface area contributed by atoms with Crippen LogP contribution >= 0.6 is 0 Å². The average molecular weight is 228 g/mol. The van der Waals surface area contributed by atoms with E-state index in [1.165, 1.54) is 12.8 Å². The zero-order valence-corrected chi connectivity index (χ0v) is 10.6. The van der Waals surface area contributed by atoms with E-state index in [2.05, 4.69) is 29.2 Å². The van der Waals surface area contributed by atoms with Gasteiger partial charge in [0.05, 0.1) is 0 Å². The van der Waals surface area contributed by atoms with Crippen LogP contribution in [0.15, 0.2) is 4.99 Å². The van der Waals surface area contributed by atoms with Gasteiger partial charge < -0.3 is 9.64 Å². The van der Waals surface area contributed by atoms with Crippen molar-refractivity contribution < 1.29 is 4.74 Å². The molecule has 0 unspecified atom stereocenters. The molecule has 0 aromatic rings. The zero-order chi connectivity index (χ0) is 12.0. The Balaban J connectivity index is 2.52. The number of guanidine groups is 1. The molecule has 1 aliphatic heterocycles. The molecule has 1 fully saturated rings. The Labute approximate surface area is 98.0 Å². The van der Waals surface area contributed by atoms with E-state index in [9.17, 15) is 0 Å². The summed E-state index contributed by atoms with van der Waals surface area (Å²) in [5, 5.41) is 0. The van der Waals surface area contributed by atoms with Gasteiger partial charge in [-0.05, 0) is 33.1 Å². The van der Waals surface area contributed by atoms with Crippen molar-refractivity contribution >= 4 is 5.96 Å². The number of nitrogens with two attached hydrogens (primary N) is 1. The summed E-state index contributed by atoms with van der Waals surface area (Å²) in [6.07, 6.45) is 3.31. The third-order valence-corrected chi connectivity index (χ3v) is 3.05. The van der Waals surface area contributed by atoms with Crippen molar-refractivity contribution in [1.82, 2.24) is 10.3 Å². The normalized spacial score (nSPS) is 20.2. The maximum Gasteiger partial charge on any atom is 0.208 e. The van der Waals surface area contributed by atoms with Gasteiger partial charge >= 0.3 is 0 Å². The van der Waals surface area contributed by atoms with E-state index in [-0.39, 0.29) is 5.54 Å². The van der Waals surface area contributed by atoms with Crippen molar-refractivity contribution in [2.24, 2.45) is 10.8 Å². The maximum absolute atomic E-state index is 5.53. The monoisotopic (exact) mass is 228 g/mol. The van der Waals surface area contributed by atoms with Crippen molar-refractivity contribution in [1.29, 1.82) is 0 Å². The van der Waals surface area contributed by atoms with Crippen molar-refractivity contribution in [3.63, 3.8) is 0 Å². The molecule has 0 bridgehead atoms. The molecule has 5 heteroatoms. The van der Waals surface area contributed by atoms with E-state index in [0.29, 0.717) is 0 Å². The summed E-state index contributed by atoms with van der Waals surface area (Å²) in [5.41, 5.74) is 2.87. The summed E-state index contributed by atoms with van der Waals surface area (Å²) in [7, 11) is 1.70. The molecule has 16 heavy (non-hydrogen) atoms. The molecule has 1 heterocycles. The standard InChI is InChI=1S/C11H24N4O/c1-11(2)6-4-8-15(11)10(14-12)13-7-5-9-16-3/h4-9,12H2,1-3H3,(H,13,14). The number of aliphatic imine (C=N–C) groups is 1. The molecule has 0 aliphatic carbocycles. The molecule has 94 valence electrons. The second-order valence-corrected chi connectivity index (χ2v) is 4.76. The Kier molecular flexibility index (Phi) is 5.02. The summed E-state index contributed by atoms with van der Waals surface area (Å²) in [5.74, 6) is 6.34. The third-order valence-electron chi connectivity index (χ3n) is 3.05. The summed E-state index contributed by atoms with van der Waals surface area (Å²) in [4.78, 5) is 6.73. The number of hydrogen-bond donors (Lipinski definition) is 2. The van der Waals surface area contributed by atoms with Crippen LogP contribution in [0.2, 0.25) is 0 Å². The minimum Gasteiger partial charge on any atom is -0.385 e. The van der Waals surface area contributed by atoms with Crippen molar-refractivity contribution in [3.05, 3.63) is 0 Å². The van der Waals surface area contributed by atoms with Gasteiger partial charge in [-0.25, -0.2) is 5.84 Å².